The summed E-state index contributed by atoms with van der Waals surface area (Å²) in [6.07, 6.45) is 2.32. The van der Waals surface area contributed by atoms with Crippen molar-refractivity contribution in [3.63, 3.8) is 0 Å². The van der Waals surface area contributed by atoms with Crippen molar-refractivity contribution in [2.75, 3.05) is 13.1 Å². The van der Waals surface area contributed by atoms with E-state index in [1.165, 1.54) is 0 Å². The molecule has 82 valence electrons. The number of amides is 1. The zero-order valence-electron chi connectivity index (χ0n) is 9.47. The van der Waals surface area contributed by atoms with Crippen LogP contribution in [0.1, 0.15) is 33.6 Å². The van der Waals surface area contributed by atoms with Gasteiger partial charge in [0.1, 0.15) is 0 Å². The molecule has 1 aliphatic rings. The molecule has 1 saturated carbocycles. The van der Waals surface area contributed by atoms with Crippen molar-refractivity contribution in [1.82, 2.24) is 10.6 Å². The number of carbonyl (C=O) groups is 1. The van der Waals surface area contributed by atoms with E-state index in [1.54, 1.807) is 0 Å². The maximum atomic E-state index is 11.3. The van der Waals surface area contributed by atoms with Crippen molar-refractivity contribution in [3.05, 3.63) is 0 Å². The molecule has 1 unspecified atom stereocenters. The Bertz CT molecular complexity index is 188. The lowest BCUT2D eigenvalue weighted by molar-refractivity contribution is -0.120. The van der Waals surface area contributed by atoms with Crippen LogP contribution in [-0.4, -0.2) is 25.0 Å². The van der Waals surface area contributed by atoms with E-state index >= 15 is 0 Å². The summed E-state index contributed by atoms with van der Waals surface area (Å²) in [5.74, 6) is 1.45. The average molecular weight is 198 g/mol. The van der Waals surface area contributed by atoms with Gasteiger partial charge in [0.2, 0.25) is 5.91 Å². The van der Waals surface area contributed by atoms with Crippen molar-refractivity contribution in [2.45, 2.75) is 39.7 Å². The highest BCUT2D eigenvalue weighted by Gasteiger charge is 2.22. The van der Waals surface area contributed by atoms with E-state index in [1.807, 2.05) is 0 Å². The van der Waals surface area contributed by atoms with Crippen LogP contribution in [0.5, 0.6) is 0 Å². The van der Waals surface area contributed by atoms with Crippen LogP contribution in [-0.2, 0) is 4.79 Å². The van der Waals surface area contributed by atoms with E-state index in [0.29, 0.717) is 24.4 Å². The maximum absolute atomic E-state index is 11.3. The third-order valence-electron chi connectivity index (χ3n) is 2.83. The van der Waals surface area contributed by atoms with Gasteiger partial charge in [-0.3, -0.25) is 4.79 Å². The Kier molecular flexibility index (Phi) is 4.39. The summed E-state index contributed by atoms with van der Waals surface area (Å²) >= 11 is 0. The Morgan fingerprint density at radius 1 is 1.36 bits per heavy atom. The topological polar surface area (TPSA) is 41.1 Å². The minimum Gasteiger partial charge on any atom is -0.352 e. The fourth-order valence-electron chi connectivity index (χ4n) is 1.16. The van der Waals surface area contributed by atoms with Crippen LogP contribution < -0.4 is 10.6 Å². The number of nitrogens with one attached hydrogen (secondary N) is 2. The molecule has 14 heavy (non-hydrogen) atoms. The molecule has 3 nitrogen and oxygen atoms in total. The standard InChI is InChI=1S/C11H22N2O/c1-8(2)9(3)6-12-7-11(14)13-10-4-5-10/h8-10,12H,4-7H2,1-3H3,(H,13,14). The Morgan fingerprint density at radius 2 is 2.00 bits per heavy atom. The predicted octanol–water partition coefficient (Wildman–Crippen LogP) is 1.15. The zero-order chi connectivity index (χ0) is 10.6. The van der Waals surface area contributed by atoms with Gasteiger partial charge in [-0.2, -0.15) is 0 Å². The molecule has 0 aromatic carbocycles. The SMILES string of the molecule is CC(C)C(C)CNCC(=O)NC1CC1. The first-order valence-corrected chi connectivity index (χ1v) is 5.59. The highest BCUT2D eigenvalue weighted by Crippen LogP contribution is 2.18. The Hall–Kier alpha value is -0.570. The van der Waals surface area contributed by atoms with Gasteiger partial charge in [-0.15, -0.1) is 0 Å². The summed E-state index contributed by atoms with van der Waals surface area (Å²) in [6, 6.07) is 0.479. The van der Waals surface area contributed by atoms with E-state index in [9.17, 15) is 4.79 Å². The van der Waals surface area contributed by atoms with Crippen molar-refractivity contribution in [1.29, 1.82) is 0 Å². The summed E-state index contributed by atoms with van der Waals surface area (Å²) in [4.78, 5) is 11.3. The molecule has 0 saturated heterocycles. The molecule has 1 aliphatic carbocycles. The van der Waals surface area contributed by atoms with Gasteiger partial charge in [-0.1, -0.05) is 20.8 Å². The van der Waals surface area contributed by atoms with Gasteiger partial charge in [0.05, 0.1) is 6.54 Å². The lowest BCUT2D eigenvalue weighted by Gasteiger charge is -2.15. The Morgan fingerprint density at radius 3 is 2.50 bits per heavy atom. The van der Waals surface area contributed by atoms with Crippen LogP contribution in [0.2, 0.25) is 0 Å². The largest absolute Gasteiger partial charge is 0.352 e. The van der Waals surface area contributed by atoms with Crippen molar-refractivity contribution in [3.8, 4) is 0 Å². The first-order valence-electron chi connectivity index (χ1n) is 5.59. The minimum absolute atomic E-state index is 0.142. The van der Waals surface area contributed by atoms with Crippen LogP contribution >= 0.6 is 0 Å². The summed E-state index contributed by atoms with van der Waals surface area (Å²) in [5.41, 5.74) is 0. The number of hydrogen-bond acceptors (Lipinski definition) is 2. The normalized spacial score (nSPS) is 18.3. The summed E-state index contributed by atoms with van der Waals surface area (Å²) in [7, 11) is 0. The van der Waals surface area contributed by atoms with Crippen LogP contribution in [0.25, 0.3) is 0 Å². The van der Waals surface area contributed by atoms with E-state index in [2.05, 4.69) is 31.4 Å². The molecule has 1 fully saturated rings. The Labute approximate surface area is 86.6 Å². The molecule has 0 spiro atoms. The molecule has 0 aliphatic heterocycles. The van der Waals surface area contributed by atoms with Gasteiger partial charge in [-0.05, 0) is 31.2 Å². The van der Waals surface area contributed by atoms with E-state index in [0.717, 1.165) is 19.4 Å². The first kappa shape index (κ1) is 11.5. The second-order valence-electron chi connectivity index (χ2n) is 4.69. The monoisotopic (exact) mass is 198 g/mol. The second-order valence-corrected chi connectivity index (χ2v) is 4.69. The van der Waals surface area contributed by atoms with Crippen LogP contribution in [0.15, 0.2) is 0 Å². The average Bonchev–Trinajstić information content (AvgIpc) is 2.87. The van der Waals surface area contributed by atoms with E-state index in [4.69, 9.17) is 0 Å². The highest BCUT2D eigenvalue weighted by atomic mass is 16.2. The fraction of sp³-hybridized carbons (Fsp3) is 0.909. The summed E-state index contributed by atoms with van der Waals surface area (Å²) < 4.78 is 0. The van der Waals surface area contributed by atoms with Gasteiger partial charge >= 0.3 is 0 Å². The molecule has 0 aromatic rings. The first-order chi connectivity index (χ1) is 6.59. The quantitative estimate of drug-likeness (QED) is 0.672. The molecule has 0 bridgehead atoms. The molecule has 0 radical (unpaired) electrons. The van der Waals surface area contributed by atoms with Gasteiger partial charge in [0, 0.05) is 6.04 Å². The van der Waals surface area contributed by atoms with Crippen molar-refractivity contribution >= 4 is 5.91 Å². The lowest BCUT2D eigenvalue weighted by atomic mass is 9.98. The maximum Gasteiger partial charge on any atom is 0.234 e. The minimum atomic E-state index is 0.142. The molecule has 1 amide bonds. The van der Waals surface area contributed by atoms with Gasteiger partial charge in [-0.25, -0.2) is 0 Å². The zero-order valence-corrected chi connectivity index (χ0v) is 9.47. The van der Waals surface area contributed by atoms with Gasteiger partial charge < -0.3 is 10.6 Å². The number of rotatable bonds is 6. The van der Waals surface area contributed by atoms with Crippen LogP contribution in [0, 0.1) is 11.8 Å². The molecule has 2 N–H and O–H groups in total. The van der Waals surface area contributed by atoms with Crippen LogP contribution in [0.3, 0.4) is 0 Å². The van der Waals surface area contributed by atoms with Gasteiger partial charge in [0.25, 0.3) is 0 Å². The number of hydrogen-bond donors (Lipinski definition) is 2. The number of carbonyl (C=O) groups excluding carboxylic acids is 1. The summed E-state index contributed by atoms with van der Waals surface area (Å²) in [5, 5.41) is 6.14. The molecular formula is C11H22N2O. The molecular weight excluding hydrogens is 176 g/mol. The van der Waals surface area contributed by atoms with E-state index in [-0.39, 0.29) is 5.91 Å². The fourth-order valence-corrected chi connectivity index (χ4v) is 1.16. The van der Waals surface area contributed by atoms with Crippen molar-refractivity contribution < 1.29 is 4.79 Å². The highest BCUT2D eigenvalue weighted by molar-refractivity contribution is 5.78. The van der Waals surface area contributed by atoms with Gasteiger partial charge in [0.15, 0.2) is 0 Å². The molecule has 0 heterocycles. The summed E-state index contributed by atoms with van der Waals surface area (Å²) in [6.45, 7) is 8.01. The smallest absolute Gasteiger partial charge is 0.234 e. The Balaban J connectivity index is 1.99. The lowest BCUT2D eigenvalue weighted by Crippen LogP contribution is -2.37. The molecule has 0 aromatic heterocycles. The van der Waals surface area contributed by atoms with Crippen LogP contribution in [0.4, 0.5) is 0 Å². The van der Waals surface area contributed by atoms with Crippen molar-refractivity contribution in [2.24, 2.45) is 11.8 Å². The third-order valence-corrected chi connectivity index (χ3v) is 2.83. The molecule has 1 rings (SSSR count). The molecule has 1 atom stereocenters. The van der Waals surface area contributed by atoms with E-state index < -0.39 is 0 Å². The third kappa shape index (κ3) is 4.61. The molecule has 3 heteroatoms. The second kappa shape index (κ2) is 5.35. The predicted molar refractivity (Wildman–Crippen MR) is 58.0 cm³/mol.